The Balaban J connectivity index is 1.22. The lowest BCUT2D eigenvalue weighted by molar-refractivity contribution is -0.116. The molecule has 2 aliphatic rings. The molecule has 0 bridgehead atoms. The lowest BCUT2D eigenvalue weighted by Gasteiger charge is -2.16. The number of amides is 4. The molecule has 0 spiro atoms. The molecule has 0 radical (unpaired) electrons. The highest BCUT2D eigenvalue weighted by atomic mass is 127. The summed E-state index contributed by atoms with van der Waals surface area (Å²) in [5, 5.41) is 22.5. The van der Waals surface area contributed by atoms with Crippen molar-refractivity contribution in [1.29, 1.82) is 0 Å². The SMILES string of the molecule is COc1cc(C=NNC(=O)c2ccc(NC(=O)CCCC[C@@H]3SC[C@@H]4NC(=O)N[C@@H]43)c(F)c2)cc(I)c1O. The fraction of sp³-hybridized carbons (Fsp3) is 0.360. The first-order valence-corrected chi connectivity index (χ1v) is 14.1. The molecule has 13 heteroatoms. The van der Waals surface area contributed by atoms with E-state index < -0.39 is 11.7 Å². The molecule has 2 aromatic carbocycles. The number of hydrazone groups is 1. The molecular weight excluding hydrogens is 628 g/mol. The molecule has 2 saturated heterocycles. The highest BCUT2D eigenvalue weighted by molar-refractivity contribution is 14.1. The van der Waals surface area contributed by atoms with Gasteiger partial charge in [0.25, 0.3) is 5.91 Å². The second-order valence-electron chi connectivity index (χ2n) is 8.86. The van der Waals surface area contributed by atoms with Crippen LogP contribution in [0.3, 0.4) is 0 Å². The van der Waals surface area contributed by atoms with Crippen molar-refractivity contribution < 1.29 is 28.6 Å². The van der Waals surface area contributed by atoms with Gasteiger partial charge in [-0.15, -0.1) is 0 Å². The van der Waals surface area contributed by atoms with Crippen molar-refractivity contribution in [2.75, 3.05) is 18.2 Å². The number of benzene rings is 2. The van der Waals surface area contributed by atoms with Gasteiger partial charge in [0, 0.05) is 23.0 Å². The van der Waals surface area contributed by atoms with E-state index >= 15 is 0 Å². The van der Waals surface area contributed by atoms with Crippen molar-refractivity contribution in [3.05, 3.63) is 50.8 Å². The number of carbonyl (C=O) groups excluding carboxylic acids is 3. The summed E-state index contributed by atoms with van der Waals surface area (Å²) >= 11 is 3.77. The van der Waals surface area contributed by atoms with Gasteiger partial charge in [0.2, 0.25) is 5.91 Å². The second-order valence-corrected chi connectivity index (χ2v) is 11.3. The highest BCUT2D eigenvalue weighted by Gasteiger charge is 2.42. The van der Waals surface area contributed by atoms with Gasteiger partial charge in [-0.25, -0.2) is 14.6 Å². The first kappa shape index (κ1) is 28.0. The number of unbranched alkanes of at least 4 members (excludes halogenated alkanes) is 1. The van der Waals surface area contributed by atoms with E-state index in [1.54, 1.807) is 12.1 Å². The number of thioether (sulfide) groups is 1. The quantitative estimate of drug-likeness (QED) is 0.0872. The third-order valence-corrected chi connectivity index (χ3v) is 8.57. The number of anilines is 1. The van der Waals surface area contributed by atoms with Crippen LogP contribution in [0.15, 0.2) is 35.4 Å². The fourth-order valence-corrected chi connectivity index (χ4v) is 6.47. The molecule has 2 aliphatic heterocycles. The number of phenolic OH excluding ortho intramolecular Hbond substituents is 1. The topological polar surface area (TPSA) is 141 Å². The number of hydrogen-bond donors (Lipinski definition) is 5. The van der Waals surface area contributed by atoms with Gasteiger partial charge < -0.3 is 25.8 Å². The average molecular weight is 655 g/mol. The smallest absolute Gasteiger partial charge is 0.315 e. The number of carbonyl (C=O) groups is 3. The zero-order chi connectivity index (χ0) is 27.2. The Morgan fingerprint density at radius 3 is 2.87 bits per heavy atom. The summed E-state index contributed by atoms with van der Waals surface area (Å²) in [6, 6.07) is 7.17. The Morgan fingerprint density at radius 1 is 1.29 bits per heavy atom. The maximum absolute atomic E-state index is 14.6. The molecule has 202 valence electrons. The number of hydrogen-bond acceptors (Lipinski definition) is 7. The maximum atomic E-state index is 14.6. The number of fused-ring (bicyclic) bond motifs is 1. The number of urea groups is 1. The van der Waals surface area contributed by atoms with Crippen LogP contribution in [0.5, 0.6) is 11.5 Å². The molecule has 4 rings (SSSR count). The van der Waals surface area contributed by atoms with Crippen LogP contribution in [0, 0.1) is 9.39 Å². The van der Waals surface area contributed by atoms with E-state index in [1.807, 2.05) is 34.4 Å². The van der Waals surface area contributed by atoms with E-state index in [-0.39, 0.29) is 53.2 Å². The molecule has 4 amide bonds. The minimum absolute atomic E-state index is 0.00486. The minimum Gasteiger partial charge on any atom is -0.504 e. The Hall–Kier alpha value is -3.07. The Labute approximate surface area is 236 Å². The summed E-state index contributed by atoms with van der Waals surface area (Å²) < 4.78 is 20.2. The third kappa shape index (κ3) is 6.87. The monoisotopic (exact) mass is 655 g/mol. The summed E-state index contributed by atoms with van der Waals surface area (Å²) in [6.45, 7) is 0. The molecule has 2 fully saturated rings. The van der Waals surface area contributed by atoms with Gasteiger partial charge in [0.05, 0.1) is 34.7 Å². The number of halogens is 2. The number of methoxy groups -OCH3 is 1. The van der Waals surface area contributed by atoms with Gasteiger partial charge in [-0.2, -0.15) is 16.9 Å². The van der Waals surface area contributed by atoms with E-state index in [9.17, 15) is 23.9 Å². The third-order valence-electron chi connectivity index (χ3n) is 6.24. The van der Waals surface area contributed by atoms with E-state index in [1.165, 1.54) is 25.5 Å². The second kappa shape index (κ2) is 12.7. The molecular formula is C25H27FIN5O5S. The van der Waals surface area contributed by atoms with Gasteiger partial charge in [-0.05, 0) is 71.3 Å². The van der Waals surface area contributed by atoms with Crippen molar-refractivity contribution in [2.24, 2.45) is 5.10 Å². The van der Waals surface area contributed by atoms with Gasteiger partial charge >= 0.3 is 6.03 Å². The van der Waals surface area contributed by atoms with Crippen molar-refractivity contribution in [3.8, 4) is 11.5 Å². The Kier molecular flexibility index (Phi) is 9.31. The van der Waals surface area contributed by atoms with E-state index in [0.717, 1.165) is 24.7 Å². The number of ether oxygens (including phenoxy) is 1. The van der Waals surface area contributed by atoms with E-state index in [0.29, 0.717) is 20.8 Å². The fourth-order valence-electron chi connectivity index (χ4n) is 4.30. The Bertz CT molecular complexity index is 1260. The van der Waals surface area contributed by atoms with Crippen LogP contribution in [-0.2, 0) is 4.79 Å². The number of rotatable bonds is 10. The van der Waals surface area contributed by atoms with Gasteiger partial charge in [-0.1, -0.05) is 6.42 Å². The van der Waals surface area contributed by atoms with Crippen LogP contribution >= 0.6 is 34.4 Å². The normalized spacial score (nSPS) is 20.1. The highest BCUT2D eigenvalue weighted by Crippen LogP contribution is 2.33. The van der Waals surface area contributed by atoms with Crippen LogP contribution in [-0.4, -0.2) is 59.4 Å². The van der Waals surface area contributed by atoms with Crippen LogP contribution in [0.25, 0.3) is 0 Å². The molecule has 10 nitrogen and oxygen atoms in total. The van der Waals surface area contributed by atoms with E-state index in [4.69, 9.17) is 4.74 Å². The molecule has 2 heterocycles. The maximum Gasteiger partial charge on any atom is 0.315 e. The predicted octanol–water partition coefficient (Wildman–Crippen LogP) is 3.57. The standard InChI is InChI=1S/C25H27FIN5O5S/c1-37-19-9-13(8-16(27)23(19)34)11-28-32-24(35)14-6-7-17(15(26)10-14)29-21(33)5-3-2-4-20-22-18(12-38-20)30-25(36)31-22/h6-11,18,20,22,34H,2-5,12H2,1H3,(H,29,33)(H,32,35)(H2,30,31,36)/t18-,20-,22-/m0/s1. The lowest BCUT2D eigenvalue weighted by atomic mass is 10.0. The lowest BCUT2D eigenvalue weighted by Crippen LogP contribution is -2.36. The van der Waals surface area contributed by atoms with E-state index in [2.05, 4.69) is 26.5 Å². The van der Waals surface area contributed by atoms with Crippen LogP contribution < -0.4 is 26.1 Å². The zero-order valence-corrected chi connectivity index (χ0v) is 23.4. The van der Waals surface area contributed by atoms with Crippen molar-refractivity contribution in [1.82, 2.24) is 16.1 Å². The molecule has 2 aromatic rings. The largest absolute Gasteiger partial charge is 0.504 e. The average Bonchev–Trinajstić information content (AvgIpc) is 3.44. The van der Waals surface area contributed by atoms with Crippen LogP contribution in [0.1, 0.15) is 41.6 Å². The Morgan fingerprint density at radius 2 is 2.11 bits per heavy atom. The number of nitrogens with one attached hydrogen (secondary N) is 4. The van der Waals surface area contributed by atoms with Crippen LogP contribution in [0.2, 0.25) is 0 Å². The molecule has 3 atom stereocenters. The van der Waals surface area contributed by atoms with Gasteiger partial charge in [0.1, 0.15) is 5.82 Å². The minimum atomic E-state index is -0.731. The summed E-state index contributed by atoms with van der Waals surface area (Å²) in [5.41, 5.74) is 2.94. The summed E-state index contributed by atoms with van der Waals surface area (Å²) in [5.74, 6) is -0.494. The molecule has 0 aliphatic carbocycles. The van der Waals surface area contributed by atoms with Crippen LogP contribution in [0.4, 0.5) is 14.9 Å². The molecule has 0 unspecified atom stereocenters. The van der Waals surface area contributed by atoms with Crippen molar-refractivity contribution in [3.63, 3.8) is 0 Å². The van der Waals surface area contributed by atoms with Crippen molar-refractivity contribution >= 4 is 64.1 Å². The molecule has 0 aromatic heterocycles. The summed E-state index contributed by atoms with van der Waals surface area (Å²) in [7, 11) is 1.43. The van der Waals surface area contributed by atoms with Gasteiger partial charge in [-0.3, -0.25) is 9.59 Å². The van der Waals surface area contributed by atoms with Gasteiger partial charge in [0.15, 0.2) is 11.5 Å². The molecule has 0 saturated carbocycles. The van der Waals surface area contributed by atoms with Crippen molar-refractivity contribution in [2.45, 2.75) is 43.0 Å². The first-order valence-electron chi connectivity index (χ1n) is 11.9. The zero-order valence-electron chi connectivity index (χ0n) is 20.4. The number of aromatic hydroxyl groups is 1. The number of nitrogens with zero attached hydrogens (tertiary/aromatic N) is 1. The predicted molar refractivity (Wildman–Crippen MR) is 151 cm³/mol. The first-order chi connectivity index (χ1) is 18.2. The summed E-state index contributed by atoms with van der Waals surface area (Å²) in [6.07, 6.45) is 3.97. The molecule has 5 N–H and O–H groups in total. The number of phenols is 1. The summed E-state index contributed by atoms with van der Waals surface area (Å²) in [4.78, 5) is 36.1. The molecule has 38 heavy (non-hydrogen) atoms.